The molecule has 0 heterocycles. The van der Waals surface area contributed by atoms with E-state index in [-0.39, 0.29) is 21.2 Å². The summed E-state index contributed by atoms with van der Waals surface area (Å²) in [5, 5.41) is 0. The van der Waals surface area contributed by atoms with E-state index in [1.165, 1.54) is 56.7 Å². The molecule has 31 heavy (non-hydrogen) atoms. The summed E-state index contributed by atoms with van der Waals surface area (Å²) in [5.74, 6) is 0.809. The summed E-state index contributed by atoms with van der Waals surface area (Å²) >= 11 is 3.25. The van der Waals surface area contributed by atoms with Gasteiger partial charge in [0.1, 0.15) is 11.5 Å². The van der Waals surface area contributed by atoms with E-state index in [0.717, 1.165) is 4.47 Å². The summed E-state index contributed by atoms with van der Waals surface area (Å²) in [6.07, 6.45) is 0. The summed E-state index contributed by atoms with van der Waals surface area (Å²) in [5.41, 5.74) is 0.465. The highest BCUT2D eigenvalue weighted by Crippen LogP contribution is 2.31. The second-order valence-corrected chi connectivity index (χ2v) is 10.5. The number of rotatable bonds is 8. The van der Waals surface area contributed by atoms with Crippen molar-refractivity contribution in [2.75, 3.05) is 23.7 Å². The Morgan fingerprint density at radius 2 is 1.26 bits per heavy atom. The van der Waals surface area contributed by atoms with Crippen molar-refractivity contribution in [3.05, 3.63) is 71.2 Å². The van der Waals surface area contributed by atoms with Gasteiger partial charge < -0.3 is 9.47 Å². The maximum Gasteiger partial charge on any atom is 0.262 e. The fraction of sp³-hybridized carbons (Fsp3) is 0.100. The molecule has 2 N–H and O–H groups in total. The molecule has 0 fully saturated rings. The zero-order valence-electron chi connectivity index (χ0n) is 16.5. The number of halogens is 1. The average molecular weight is 527 g/mol. The lowest BCUT2D eigenvalue weighted by molar-refractivity contribution is 0.395. The Morgan fingerprint density at radius 1 is 0.710 bits per heavy atom. The predicted molar refractivity (Wildman–Crippen MR) is 122 cm³/mol. The minimum Gasteiger partial charge on any atom is -0.497 e. The molecule has 164 valence electrons. The summed E-state index contributed by atoms with van der Waals surface area (Å²) < 4.78 is 66.4. The molecule has 0 bridgehead atoms. The molecule has 0 aromatic heterocycles. The third-order valence-corrected chi connectivity index (χ3v) is 7.50. The molecular formula is C20H19BrN2O6S2. The molecule has 0 radical (unpaired) electrons. The van der Waals surface area contributed by atoms with Crippen molar-refractivity contribution in [3.63, 3.8) is 0 Å². The third-order valence-electron chi connectivity index (χ3n) is 4.19. The van der Waals surface area contributed by atoms with E-state index >= 15 is 0 Å². The van der Waals surface area contributed by atoms with Crippen molar-refractivity contribution >= 4 is 47.4 Å². The topological polar surface area (TPSA) is 111 Å². The molecule has 0 aliphatic carbocycles. The van der Waals surface area contributed by atoms with Gasteiger partial charge in [0.05, 0.1) is 29.7 Å². The SMILES string of the molecule is COc1ccc(NS(=O)(=O)c2ccc(NS(=O)(=O)c3ccc(Br)cc3)cc2)c(OC)c1. The van der Waals surface area contributed by atoms with E-state index in [2.05, 4.69) is 25.4 Å². The molecule has 8 nitrogen and oxygen atoms in total. The van der Waals surface area contributed by atoms with Crippen LogP contribution in [0.3, 0.4) is 0 Å². The van der Waals surface area contributed by atoms with E-state index in [9.17, 15) is 16.8 Å². The lowest BCUT2D eigenvalue weighted by Crippen LogP contribution is -2.15. The van der Waals surface area contributed by atoms with Gasteiger partial charge in [-0.1, -0.05) is 15.9 Å². The van der Waals surface area contributed by atoms with Crippen LogP contribution in [-0.2, 0) is 20.0 Å². The molecule has 0 saturated heterocycles. The number of sulfonamides is 2. The average Bonchev–Trinajstić information content (AvgIpc) is 2.74. The summed E-state index contributed by atoms with van der Waals surface area (Å²) in [6.45, 7) is 0. The van der Waals surface area contributed by atoms with Crippen molar-refractivity contribution in [2.45, 2.75) is 9.79 Å². The van der Waals surface area contributed by atoms with Crippen LogP contribution in [0.15, 0.2) is 81.0 Å². The zero-order valence-corrected chi connectivity index (χ0v) is 19.7. The van der Waals surface area contributed by atoms with E-state index < -0.39 is 20.0 Å². The number of benzene rings is 3. The van der Waals surface area contributed by atoms with E-state index in [1.807, 2.05) is 0 Å². The van der Waals surface area contributed by atoms with Crippen molar-refractivity contribution in [3.8, 4) is 11.5 Å². The second-order valence-electron chi connectivity index (χ2n) is 6.26. The Labute approximate surface area is 189 Å². The highest BCUT2D eigenvalue weighted by molar-refractivity contribution is 9.10. The van der Waals surface area contributed by atoms with Crippen molar-refractivity contribution < 1.29 is 26.3 Å². The normalized spacial score (nSPS) is 11.6. The first kappa shape index (κ1) is 22.9. The molecular weight excluding hydrogens is 508 g/mol. The first-order chi connectivity index (χ1) is 14.6. The first-order valence-electron chi connectivity index (χ1n) is 8.78. The van der Waals surface area contributed by atoms with Crippen LogP contribution in [0.5, 0.6) is 11.5 Å². The zero-order chi connectivity index (χ0) is 22.6. The van der Waals surface area contributed by atoms with E-state index in [4.69, 9.17) is 9.47 Å². The van der Waals surface area contributed by atoms with E-state index in [0.29, 0.717) is 11.5 Å². The van der Waals surface area contributed by atoms with Crippen LogP contribution in [0, 0.1) is 0 Å². The van der Waals surface area contributed by atoms with Crippen LogP contribution in [0.25, 0.3) is 0 Å². The molecule has 3 aromatic rings. The molecule has 0 saturated carbocycles. The number of ether oxygens (including phenoxy) is 2. The van der Waals surface area contributed by atoms with Crippen LogP contribution >= 0.6 is 15.9 Å². The third kappa shape index (κ3) is 5.49. The lowest BCUT2D eigenvalue weighted by atomic mass is 10.3. The Kier molecular flexibility index (Phi) is 6.77. The van der Waals surface area contributed by atoms with Crippen LogP contribution in [0.1, 0.15) is 0 Å². The van der Waals surface area contributed by atoms with Crippen molar-refractivity contribution in [1.29, 1.82) is 0 Å². The highest BCUT2D eigenvalue weighted by Gasteiger charge is 2.18. The molecule has 11 heteroatoms. The highest BCUT2D eigenvalue weighted by atomic mass is 79.9. The molecule has 0 aliphatic rings. The quantitative estimate of drug-likeness (QED) is 0.457. The van der Waals surface area contributed by atoms with Gasteiger partial charge in [0.15, 0.2) is 0 Å². The van der Waals surface area contributed by atoms with Crippen LogP contribution in [-0.4, -0.2) is 31.1 Å². The van der Waals surface area contributed by atoms with Gasteiger partial charge in [-0.15, -0.1) is 0 Å². The van der Waals surface area contributed by atoms with Gasteiger partial charge in [-0.3, -0.25) is 9.44 Å². The van der Waals surface area contributed by atoms with Gasteiger partial charge in [0.25, 0.3) is 20.0 Å². The molecule has 0 atom stereocenters. The number of anilines is 2. The maximum absolute atomic E-state index is 12.7. The Hall–Kier alpha value is -2.76. The Bertz CT molecular complexity index is 1280. The minimum absolute atomic E-state index is 0.0445. The molecule has 3 aromatic carbocycles. The van der Waals surface area contributed by atoms with Crippen LogP contribution < -0.4 is 18.9 Å². The van der Waals surface area contributed by atoms with Crippen LogP contribution in [0.2, 0.25) is 0 Å². The van der Waals surface area contributed by atoms with Gasteiger partial charge in [-0.25, -0.2) is 16.8 Å². The van der Waals surface area contributed by atoms with Crippen molar-refractivity contribution in [2.24, 2.45) is 0 Å². The van der Waals surface area contributed by atoms with Crippen LogP contribution in [0.4, 0.5) is 11.4 Å². The monoisotopic (exact) mass is 526 g/mol. The maximum atomic E-state index is 12.7. The summed E-state index contributed by atoms with van der Waals surface area (Å²) in [4.78, 5) is 0.0395. The molecule has 0 aliphatic heterocycles. The Morgan fingerprint density at radius 3 is 1.81 bits per heavy atom. The Balaban J connectivity index is 1.79. The summed E-state index contributed by atoms with van der Waals surface area (Å²) in [6, 6.07) is 16.2. The van der Waals surface area contributed by atoms with Gasteiger partial charge in [-0.2, -0.15) is 0 Å². The van der Waals surface area contributed by atoms with Crippen molar-refractivity contribution in [1.82, 2.24) is 0 Å². The lowest BCUT2D eigenvalue weighted by Gasteiger charge is -2.13. The molecule has 0 unspecified atom stereocenters. The van der Waals surface area contributed by atoms with Gasteiger partial charge in [-0.05, 0) is 60.7 Å². The van der Waals surface area contributed by atoms with Gasteiger partial charge in [0.2, 0.25) is 0 Å². The second kappa shape index (κ2) is 9.16. The molecule has 3 rings (SSSR count). The van der Waals surface area contributed by atoms with Gasteiger partial charge in [0, 0.05) is 16.2 Å². The fourth-order valence-corrected chi connectivity index (χ4v) is 5.01. The minimum atomic E-state index is -3.94. The number of methoxy groups -OCH3 is 2. The smallest absolute Gasteiger partial charge is 0.262 e. The van der Waals surface area contributed by atoms with Gasteiger partial charge >= 0.3 is 0 Å². The standard InChI is InChI=1S/C20H19BrN2O6S2/c1-28-16-7-12-19(20(13-16)29-2)23-31(26,27)18-10-5-15(6-11-18)22-30(24,25)17-8-3-14(21)4-9-17/h3-13,22-23H,1-2H3. The number of hydrogen-bond donors (Lipinski definition) is 2. The largest absolute Gasteiger partial charge is 0.497 e. The predicted octanol–water partition coefficient (Wildman–Crippen LogP) is 4.07. The molecule has 0 spiro atoms. The summed E-state index contributed by atoms with van der Waals surface area (Å²) in [7, 11) is -4.84. The fourth-order valence-electron chi connectivity index (χ4n) is 2.62. The number of nitrogens with one attached hydrogen (secondary N) is 2. The number of hydrogen-bond acceptors (Lipinski definition) is 6. The van der Waals surface area contributed by atoms with E-state index in [1.54, 1.807) is 24.3 Å². The first-order valence-corrected chi connectivity index (χ1v) is 12.5. The molecule has 0 amide bonds.